The van der Waals surface area contributed by atoms with E-state index in [0.717, 1.165) is 12.0 Å². The van der Waals surface area contributed by atoms with Crippen LogP contribution in [0.2, 0.25) is 0 Å². The highest BCUT2D eigenvalue weighted by Gasteiger charge is 2.24. The van der Waals surface area contributed by atoms with Crippen molar-refractivity contribution in [2.45, 2.75) is 45.7 Å². The third-order valence-corrected chi connectivity index (χ3v) is 6.45. The molecule has 1 aliphatic heterocycles. The van der Waals surface area contributed by atoms with E-state index in [2.05, 4.69) is 41.3 Å². The molecule has 1 aliphatic rings. The van der Waals surface area contributed by atoms with E-state index in [1.165, 1.54) is 11.6 Å². The molecule has 192 valence electrons. The summed E-state index contributed by atoms with van der Waals surface area (Å²) in [7, 11) is 0. The Labute approximate surface area is 215 Å². The largest absolute Gasteiger partial charge is 0.483 e. The summed E-state index contributed by atoms with van der Waals surface area (Å²) in [6.07, 6.45) is 1.02. The Kier molecular flexibility index (Phi) is 7.37. The van der Waals surface area contributed by atoms with Gasteiger partial charge in [-0.2, -0.15) is 0 Å². The van der Waals surface area contributed by atoms with Crippen LogP contribution in [0.5, 0.6) is 5.75 Å². The van der Waals surface area contributed by atoms with Crippen molar-refractivity contribution in [3.63, 3.8) is 0 Å². The number of carbonyl (C=O) groups excluding carboxylic acids is 3. The molecule has 0 fully saturated rings. The monoisotopic (exact) mass is 502 g/mol. The van der Waals surface area contributed by atoms with Gasteiger partial charge < -0.3 is 26.4 Å². The van der Waals surface area contributed by atoms with E-state index in [1.54, 1.807) is 36.1 Å². The highest BCUT2D eigenvalue weighted by molar-refractivity contribution is 5.95. The Morgan fingerprint density at radius 1 is 1.08 bits per heavy atom. The fourth-order valence-corrected chi connectivity index (χ4v) is 3.98. The summed E-state index contributed by atoms with van der Waals surface area (Å²) in [5.74, 6) is 0.112. The number of carbonyl (C=O) groups is 3. The average molecular weight is 503 g/mol. The number of aromatic nitrogens is 2. The van der Waals surface area contributed by atoms with Crippen LogP contribution in [0.4, 0.5) is 11.5 Å². The fourth-order valence-electron chi connectivity index (χ4n) is 3.98. The minimum absolute atomic E-state index is 0.0122. The summed E-state index contributed by atoms with van der Waals surface area (Å²) in [5, 5.41) is 2.85. The topological polar surface area (TPSA) is 154 Å². The molecule has 0 radical (unpaired) electrons. The molecule has 0 spiro atoms. The molecule has 0 bridgehead atoms. The number of anilines is 2. The smallest absolute Gasteiger partial charge is 0.267 e. The summed E-state index contributed by atoms with van der Waals surface area (Å²) in [6.45, 7) is 6.21. The number of nitrogens with two attached hydrogens (primary N) is 2. The van der Waals surface area contributed by atoms with Crippen LogP contribution in [-0.4, -0.2) is 40.3 Å². The number of hydrogen-bond acceptors (Lipinski definition) is 7. The lowest BCUT2D eigenvalue weighted by molar-refractivity contribution is -0.120. The first kappa shape index (κ1) is 25.6. The Morgan fingerprint density at radius 3 is 2.46 bits per heavy atom. The van der Waals surface area contributed by atoms with Gasteiger partial charge in [0.25, 0.3) is 11.8 Å². The SMILES string of the molecule is CCC(C)c1ccc2c(c1)CN(c1ccc(-c3nc(NC(C)C(N)=O)cc(C(N)=O)n3)cc1)C(=O)CO2. The number of nitrogens with one attached hydrogen (secondary N) is 1. The van der Waals surface area contributed by atoms with E-state index >= 15 is 0 Å². The van der Waals surface area contributed by atoms with Crippen molar-refractivity contribution in [3.05, 3.63) is 65.4 Å². The van der Waals surface area contributed by atoms with Crippen LogP contribution in [0.15, 0.2) is 48.5 Å². The second kappa shape index (κ2) is 10.7. The van der Waals surface area contributed by atoms with Crippen molar-refractivity contribution in [1.29, 1.82) is 0 Å². The molecule has 1 aromatic heterocycles. The van der Waals surface area contributed by atoms with Crippen LogP contribution in [0.3, 0.4) is 0 Å². The van der Waals surface area contributed by atoms with E-state index < -0.39 is 17.9 Å². The maximum Gasteiger partial charge on any atom is 0.267 e. The number of rotatable bonds is 8. The molecule has 37 heavy (non-hydrogen) atoms. The quantitative estimate of drug-likeness (QED) is 0.428. The zero-order chi connectivity index (χ0) is 26.7. The predicted octanol–water partition coefficient (Wildman–Crippen LogP) is 2.97. The lowest BCUT2D eigenvalue weighted by Gasteiger charge is -2.21. The molecule has 0 saturated carbocycles. The zero-order valence-electron chi connectivity index (χ0n) is 21.0. The Balaban J connectivity index is 1.63. The van der Waals surface area contributed by atoms with Crippen molar-refractivity contribution in [2.24, 2.45) is 11.5 Å². The van der Waals surface area contributed by atoms with E-state index in [9.17, 15) is 14.4 Å². The molecular weight excluding hydrogens is 472 g/mol. The summed E-state index contributed by atoms with van der Waals surface area (Å²) in [5.41, 5.74) is 14.2. The van der Waals surface area contributed by atoms with Crippen molar-refractivity contribution in [2.75, 3.05) is 16.8 Å². The number of amides is 3. The molecule has 3 aromatic rings. The highest BCUT2D eigenvalue weighted by Crippen LogP contribution is 2.31. The van der Waals surface area contributed by atoms with E-state index in [1.807, 2.05) is 6.07 Å². The van der Waals surface area contributed by atoms with Crippen LogP contribution in [0.1, 0.15) is 54.7 Å². The van der Waals surface area contributed by atoms with Crippen LogP contribution < -0.4 is 26.4 Å². The average Bonchev–Trinajstić information content (AvgIpc) is 3.06. The summed E-state index contributed by atoms with van der Waals surface area (Å²) in [6, 6.07) is 13.8. The number of primary amides is 2. The first-order chi connectivity index (χ1) is 17.7. The first-order valence-electron chi connectivity index (χ1n) is 12.1. The third kappa shape index (κ3) is 5.69. The second-order valence-electron chi connectivity index (χ2n) is 9.09. The maximum absolute atomic E-state index is 12.9. The van der Waals surface area contributed by atoms with Crippen LogP contribution in [0, 0.1) is 0 Å². The fraction of sp³-hybridized carbons (Fsp3) is 0.296. The van der Waals surface area contributed by atoms with Gasteiger partial charge in [0.1, 0.15) is 23.3 Å². The molecule has 2 aromatic carbocycles. The van der Waals surface area contributed by atoms with Crippen molar-refractivity contribution >= 4 is 29.2 Å². The number of hydrogen-bond donors (Lipinski definition) is 3. The third-order valence-electron chi connectivity index (χ3n) is 6.45. The Morgan fingerprint density at radius 2 is 1.81 bits per heavy atom. The minimum atomic E-state index is -0.736. The number of fused-ring (bicyclic) bond motifs is 1. The predicted molar refractivity (Wildman–Crippen MR) is 140 cm³/mol. The molecular formula is C27H30N6O4. The van der Waals surface area contributed by atoms with Crippen LogP contribution in [0.25, 0.3) is 11.4 Å². The normalized spacial score (nSPS) is 14.7. The molecule has 5 N–H and O–H groups in total. The lowest BCUT2D eigenvalue weighted by Crippen LogP contribution is -2.33. The van der Waals surface area contributed by atoms with Crippen LogP contribution in [-0.2, 0) is 16.1 Å². The molecule has 3 amide bonds. The van der Waals surface area contributed by atoms with E-state index in [-0.39, 0.29) is 29.9 Å². The molecule has 0 aliphatic carbocycles. The van der Waals surface area contributed by atoms with Crippen molar-refractivity contribution in [3.8, 4) is 17.1 Å². The molecule has 2 unspecified atom stereocenters. The van der Waals surface area contributed by atoms with E-state index in [0.29, 0.717) is 29.5 Å². The number of benzene rings is 2. The summed E-state index contributed by atoms with van der Waals surface area (Å²) >= 11 is 0. The van der Waals surface area contributed by atoms with Gasteiger partial charge in [0, 0.05) is 22.9 Å². The highest BCUT2D eigenvalue weighted by atomic mass is 16.5. The summed E-state index contributed by atoms with van der Waals surface area (Å²) in [4.78, 5) is 46.5. The van der Waals surface area contributed by atoms with Gasteiger partial charge in [-0.25, -0.2) is 9.97 Å². The van der Waals surface area contributed by atoms with Gasteiger partial charge >= 0.3 is 0 Å². The van der Waals surface area contributed by atoms with Crippen molar-refractivity contribution < 1.29 is 19.1 Å². The Bertz CT molecular complexity index is 1340. The maximum atomic E-state index is 12.9. The van der Waals surface area contributed by atoms with Gasteiger partial charge in [-0.1, -0.05) is 26.0 Å². The number of nitrogens with zero attached hydrogens (tertiary/aromatic N) is 3. The second-order valence-corrected chi connectivity index (χ2v) is 9.09. The zero-order valence-corrected chi connectivity index (χ0v) is 21.0. The van der Waals surface area contributed by atoms with Crippen molar-refractivity contribution in [1.82, 2.24) is 9.97 Å². The molecule has 2 heterocycles. The number of ether oxygens (including phenoxy) is 1. The van der Waals surface area contributed by atoms with Gasteiger partial charge in [0.15, 0.2) is 12.4 Å². The lowest BCUT2D eigenvalue weighted by atomic mass is 9.96. The van der Waals surface area contributed by atoms with Gasteiger partial charge in [0.2, 0.25) is 5.91 Å². The molecule has 0 saturated heterocycles. The standard InChI is InChI=1S/C27H30N6O4/c1-4-15(2)18-7-10-22-19(11-18)13-33(24(34)14-37-22)20-8-5-17(6-9-20)27-31-21(26(29)36)12-23(32-27)30-16(3)25(28)35/h5-12,15-16H,4,13-14H2,1-3H3,(H2,28,35)(H2,29,36)(H,30,31,32). The van der Waals surface area contributed by atoms with Gasteiger partial charge in [-0.15, -0.1) is 0 Å². The van der Waals surface area contributed by atoms with Gasteiger partial charge in [-0.05, 0) is 55.2 Å². The molecule has 2 atom stereocenters. The first-order valence-corrected chi connectivity index (χ1v) is 12.1. The molecule has 4 rings (SSSR count). The molecule has 10 nitrogen and oxygen atoms in total. The van der Waals surface area contributed by atoms with Gasteiger partial charge in [0.05, 0.1) is 6.54 Å². The summed E-state index contributed by atoms with van der Waals surface area (Å²) < 4.78 is 5.78. The minimum Gasteiger partial charge on any atom is -0.483 e. The molecule has 10 heteroatoms. The Hall–Kier alpha value is -4.47. The van der Waals surface area contributed by atoms with Crippen LogP contribution >= 0.6 is 0 Å². The van der Waals surface area contributed by atoms with E-state index in [4.69, 9.17) is 16.2 Å². The van der Waals surface area contributed by atoms with Gasteiger partial charge in [-0.3, -0.25) is 14.4 Å².